The number of rotatable bonds is 4. The predicted molar refractivity (Wildman–Crippen MR) is 48.4 cm³/mol. The second-order valence-electron chi connectivity index (χ2n) is 1.83. The quantitative estimate of drug-likeness (QED) is 0.432. The zero-order valence-electron chi connectivity index (χ0n) is 6.75. The molecule has 0 amide bonds. The van der Waals surface area contributed by atoms with Crippen LogP contribution in [0.3, 0.4) is 0 Å². The number of hydrogen-bond donors (Lipinski definition) is 0. The van der Waals surface area contributed by atoms with Crippen LogP contribution in [0.1, 0.15) is 0 Å². The minimum atomic E-state index is 0.799. The molecule has 0 fully saturated rings. The van der Waals surface area contributed by atoms with Gasteiger partial charge in [-0.25, -0.2) is 0 Å². The van der Waals surface area contributed by atoms with Gasteiger partial charge in [-0.3, -0.25) is 0 Å². The summed E-state index contributed by atoms with van der Waals surface area (Å²) in [4.78, 5) is 0. The topological polar surface area (TPSA) is 24.7 Å². The van der Waals surface area contributed by atoms with E-state index in [0.29, 0.717) is 0 Å². The summed E-state index contributed by atoms with van der Waals surface area (Å²) >= 11 is 0. The first kappa shape index (κ1) is 9.56. The first-order valence-corrected chi connectivity index (χ1v) is 3.19. The Morgan fingerprint density at radius 3 is 2.27 bits per heavy atom. The summed E-state index contributed by atoms with van der Waals surface area (Å²) in [6.07, 6.45) is 4.91. The Balaban J connectivity index is 4.51. The minimum Gasteiger partial charge on any atom is -0.193 e. The number of azo groups is 1. The van der Waals surface area contributed by atoms with E-state index >= 15 is 0 Å². The molecule has 0 saturated carbocycles. The van der Waals surface area contributed by atoms with E-state index < -0.39 is 0 Å². The predicted octanol–water partition coefficient (Wildman–Crippen LogP) is 2.88. The third kappa shape index (κ3) is 3.30. The highest BCUT2D eigenvalue weighted by molar-refractivity contribution is 5.42. The molecule has 0 bridgehead atoms. The van der Waals surface area contributed by atoms with E-state index in [0.717, 1.165) is 11.1 Å². The van der Waals surface area contributed by atoms with Crippen molar-refractivity contribution in [2.45, 2.75) is 0 Å². The average molecular weight is 148 g/mol. The fourth-order valence-corrected chi connectivity index (χ4v) is 0.504. The summed E-state index contributed by atoms with van der Waals surface area (Å²) in [6, 6.07) is 0. The molecule has 0 aliphatic heterocycles. The van der Waals surface area contributed by atoms with Crippen LogP contribution in [0.15, 0.2) is 59.5 Å². The summed E-state index contributed by atoms with van der Waals surface area (Å²) in [6.45, 7) is 10.9. The van der Waals surface area contributed by atoms with Crippen LogP contribution in [0.2, 0.25) is 0 Å². The normalized spacial score (nSPS) is 11.5. The fraction of sp³-hybridized carbons (Fsp3) is 0.111. The van der Waals surface area contributed by atoms with Crippen molar-refractivity contribution < 1.29 is 0 Å². The molecule has 0 aliphatic carbocycles. The zero-order chi connectivity index (χ0) is 8.69. The van der Waals surface area contributed by atoms with E-state index in [9.17, 15) is 0 Å². The van der Waals surface area contributed by atoms with Crippen LogP contribution in [0.25, 0.3) is 0 Å². The van der Waals surface area contributed by atoms with Crippen molar-refractivity contribution in [2.24, 2.45) is 10.2 Å². The summed E-state index contributed by atoms with van der Waals surface area (Å²) in [5.41, 5.74) is 1.64. The van der Waals surface area contributed by atoms with Crippen LogP contribution >= 0.6 is 0 Å². The van der Waals surface area contributed by atoms with E-state index in [4.69, 9.17) is 0 Å². The lowest BCUT2D eigenvalue weighted by Gasteiger charge is -1.95. The molecule has 11 heavy (non-hydrogen) atoms. The summed E-state index contributed by atoms with van der Waals surface area (Å²) in [5, 5.41) is 7.26. The van der Waals surface area contributed by atoms with Crippen LogP contribution in [-0.4, -0.2) is 7.05 Å². The second kappa shape index (κ2) is 5.35. The third-order valence-electron chi connectivity index (χ3n) is 1.15. The van der Waals surface area contributed by atoms with Crippen molar-refractivity contribution in [3.8, 4) is 0 Å². The van der Waals surface area contributed by atoms with Gasteiger partial charge in [0.2, 0.25) is 0 Å². The fourth-order valence-electron chi connectivity index (χ4n) is 0.504. The molecule has 0 spiro atoms. The van der Waals surface area contributed by atoms with E-state index in [1.165, 1.54) is 0 Å². The largest absolute Gasteiger partial charge is 0.193 e. The molecular weight excluding hydrogens is 136 g/mol. The van der Waals surface area contributed by atoms with Crippen molar-refractivity contribution in [3.63, 3.8) is 0 Å². The average Bonchev–Trinajstić information content (AvgIpc) is 2.05. The van der Waals surface area contributed by atoms with Crippen molar-refractivity contribution in [1.29, 1.82) is 0 Å². The van der Waals surface area contributed by atoms with Gasteiger partial charge in [-0.1, -0.05) is 31.9 Å². The lowest BCUT2D eigenvalue weighted by atomic mass is 10.1. The van der Waals surface area contributed by atoms with Crippen LogP contribution in [0, 0.1) is 0 Å². The van der Waals surface area contributed by atoms with Gasteiger partial charge in [0.15, 0.2) is 0 Å². The van der Waals surface area contributed by atoms with Crippen molar-refractivity contribution in [1.82, 2.24) is 0 Å². The van der Waals surface area contributed by atoms with Crippen molar-refractivity contribution in [3.05, 3.63) is 49.2 Å². The highest BCUT2D eigenvalue weighted by atomic mass is 15.1. The first-order chi connectivity index (χ1) is 5.26. The zero-order valence-corrected chi connectivity index (χ0v) is 6.75. The molecule has 0 heterocycles. The smallest absolute Gasteiger partial charge is 0.0569 e. The Morgan fingerprint density at radius 2 is 1.91 bits per heavy atom. The Kier molecular flexibility index (Phi) is 4.65. The van der Waals surface area contributed by atoms with Gasteiger partial charge in [0, 0.05) is 12.6 Å². The maximum Gasteiger partial charge on any atom is 0.0569 e. The minimum absolute atomic E-state index is 0.799. The molecule has 0 aliphatic rings. The maximum atomic E-state index is 3.74. The van der Waals surface area contributed by atoms with Gasteiger partial charge in [-0.05, 0) is 5.57 Å². The Hall–Kier alpha value is -1.44. The van der Waals surface area contributed by atoms with Gasteiger partial charge in [-0.2, -0.15) is 10.2 Å². The molecule has 0 atom stereocenters. The molecule has 0 radical (unpaired) electrons. The molecular formula is C9H12N2. The Bertz CT molecular complexity index is 222. The maximum absolute atomic E-state index is 3.74. The molecule has 2 nitrogen and oxygen atoms in total. The van der Waals surface area contributed by atoms with Crippen molar-refractivity contribution >= 4 is 0 Å². The van der Waals surface area contributed by atoms with E-state index in [2.05, 4.69) is 30.0 Å². The van der Waals surface area contributed by atoms with Gasteiger partial charge in [-0.15, -0.1) is 0 Å². The van der Waals surface area contributed by atoms with E-state index in [1.807, 2.05) is 0 Å². The summed E-state index contributed by atoms with van der Waals surface area (Å²) in [7, 11) is 1.61. The highest BCUT2D eigenvalue weighted by Gasteiger charge is 1.90. The molecule has 0 rings (SSSR count). The first-order valence-electron chi connectivity index (χ1n) is 3.19. The molecule has 0 unspecified atom stereocenters. The number of nitrogens with zero attached hydrogens (tertiary/aromatic N) is 2. The second-order valence-corrected chi connectivity index (χ2v) is 1.83. The Labute approximate surface area is 67.3 Å². The molecule has 0 aromatic rings. The van der Waals surface area contributed by atoms with E-state index in [1.54, 1.807) is 25.4 Å². The van der Waals surface area contributed by atoms with Gasteiger partial charge in [0.25, 0.3) is 0 Å². The molecule has 0 N–H and O–H groups in total. The van der Waals surface area contributed by atoms with Crippen LogP contribution in [-0.2, 0) is 0 Å². The molecule has 0 saturated heterocycles. The standard InChI is InChI=1S/C9H12N2/c1-5-8(3)9(6-2)7-11-10-4/h5-7H,1-3H2,4H3/b9-7-,11-10?. The summed E-state index contributed by atoms with van der Waals surface area (Å²) < 4.78 is 0. The molecule has 0 aromatic heterocycles. The highest BCUT2D eigenvalue weighted by Crippen LogP contribution is 2.09. The van der Waals surface area contributed by atoms with Crippen LogP contribution in [0.5, 0.6) is 0 Å². The Morgan fingerprint density at radius 1 is 1.27 bits per heavy atom. The number of hydrogen-bond acceptors (Lipinski definition) is 2. The monoisotopic (exact) mass is 148 g/mol. The van der Waals surface area contributed by atoms with Gasteiger partial charge in [0.1, 0.15) is 0 Å². The molecule has 2 heteroatoms. The third-order valence-corrected chi connectivity index (χ3v) is 1.15. The van der Waals surface area contributed by atoms with Gasteiger partial charge < -0.3 is 0 Å². The van der Waals surface area contributed by atoms with Crippen LogP contribution in [0.4, 0.5) is 0 Å². The van der Waals surface area contributed by atoms with Gasteiger partial charge >= 0.3 is 0 Å². The van der Waals surface area contributed by atoms with E-state index in [-0.39, 0.29) is 0 Å². The number of allylic oxidation sites excluding steroid dienone is 4. The van der Waals surface area contributed by atoms with Crippen molar-refractivity contribution in [2.75, 3.05) is 7.05 Å². The molecule has 0 aromatic carbocycles. The molecule has 58 valence electrons. The van der Waals surface area contributed by atoms with Gasteiger partial charge in [0.05, 0.1) is 6.20 Å². The lowest BCUT2D eigenvalue weighted by Crippen LogP contribution is -1.77. The SMILES string of the molecule is C=CC(=C)/C(C=C)=C\N=NC. The lowest BCUT2D eigenvalue weighted by molar-refractivity contribution is 1.15. The summed E-state index contributed by atoms with van der Waals surface area (Å²) in [5.74, 6) is 0. The van der Waals surface area contributed by atoms with Crippen LogP contribution < -0.4 is 0 Å².